The molecule has 0 radical (unpaired) electrons. The molecule has 0 aliphatic carbocycles. The van der Waals surface area contributed by atoms with Gasteiger partial charge in [-0.1, -0.05) is 6.07 Å². The molecule has 2 aromatic carbocycles. The lowest BCUT2D eigenvalue weighted by molar-refractivity contribution is -0.137. The molecule has 1 amide bonds. The monoisotopic (exact) mass is 561 g/mol. The predicted octanol–water partition coefficient (Wildman–Crippen LogP) is 5.72. The van der Waals surface area contributed by atoms with E-state index in [9.17, 15) is 18.0 Å². The van der Waals surface area contributed by atoms with Gasteiger partial charge >= 0.3 is 6.18 Å². The van der Waals surface area contributed by atoms with Crippen molar-refractivity contribution in [2.45, 2.75) is 64.3 Å². The van der Waals surface area contributed by atoms with Gasteiger partial charge in [0.2, 0.25) is 0 Å². The minimum absolute atomic E-state index is 0.0693. The van der Waals surface area contributed by atoms with E-state index in [4.69, 9.17) is 9.47 Å². The van der Waals surface area contributed by atoms with Crippen molar-refractivity contribution < 1.29 is 27.4 Å². The van der Waals surface area contributed by atoms with Crippen molar-refractivity contribution in [1.82, 2.24) is 14.7 Å². The molecule has 3 atom stereocenters. The zero-order valence-electron chi connectivity index (χ0n) is 24.3. The van der Waals surface area contributed by atoms with Crippen LogP contribution in [0, 0.1) is 13.8 Å². The molecule has 220 valence electrons. The Balaban J connectivity index is 1.30. The number of rotatable bonds is 12. The van der Waals surface area contributed by atoms with Gasteiger partial charge in [0.05, 0.1) is 18.8 Å². The van der Waals surface area contributed by atoms with Gasteiger partial charge in [-0.25, -0.2) is 0 Å². The first-order valence-electron chi connectivity index (χ1n) is 14.2. The van der Waals surface area contributed by atoms with Gasteiger partial charge < -0.3 is 19.3 Å². The zero-order valence-corrected chi connectivity index (χ0v) is 24.3. The molecule has 9 heteroatoms. The van der Waals surface area contributed by atoms with E-state index in [1.54, 1.807) is 7.11 Å². The standard InChI is InChI=1S/C31H42F3N3O3/c1-21-22(2)29(40-16-7-6-14-35(4)15-17-39-5)13-12-28(21)23(3)36-19-27-18-26(36)20-37(27)30(38)24-8-10-25(11-9-24)31(32,33)34/h8-13,23,26-27H,6-7,14-20H2,1-5H3/t23-,26-,27-/m0/s1. The summed E-state index contributed by atoms with van der Waals surface area (Å²) in [7, 11) is 3.83. The highest BCUT2D eigenvalue weighted by molar-refractivity contribution is 5.94. The summed E-state index contributed by atoms with van der Waals surface area (Å²) in [6, 6.07) is 9.27. The first-order chi connectivity index (χ1) is 19.0. The molecule has 2 saturated heterocycles. The fourth-order valence-corrected chi connectivity index (χ4v) is 6.02. The van der Waals surface area contributed by atoms with Crippen LogP contribution in [0.15, 0.2) is 36.4 Å². The number of benzene rings is 2. The predicted molar refractivity (Wildman–Crippen MR) is 150 cm³/mol. The van der Waals surface area contributed by atoms with E-state index in [1.807, 2.05) is 4.90 Å². The molecule has 0 saturated carbocycles. The van der Waals surface area contributed by atoms with Gasteiger partial charge in [0.15, 0.2) is 0 Å². The third kappa shape index (κ3) is 6.81. The second-order valence-electron chi connectivity index (χ2n) is 11.2. The third-order valence-corrected chi connectivity index (χ3v) is 8.60. The van der Waals surface area contributed by atoms with E-state index in [0.29, 0.717) is 18.7 Å². The average Bonchev–Trinajstić information content (AvgIpc) is 3.54. The molecule has 0 aromatic heterocycles. The van der Waals surface area contributed by atoms with E-state index in [2.05, 4.69) is 49.8 Å². The highest BCUT2D eigenvalue weighted by atomic mass is 19.4. The Kier molecular flexibility index (Phi) is 9.80. The average molecular weight is 562 g/mol. The van der Waals surface area contributed by atoms with Crippen LogP contribution in [-0.2, 0) is 10.9 Å². The summed E-state index contributed by atoms with van der Waals surface area (Å²) in [5, 5.41) is 0. The first-order valence-corrected chi connectivity index (χ1v) is 14.2. The second-order valence-corrected chi connectivity index (χ2v) is 11.2. The number of nitrogens with zero attached hydrogens (tertiary/aromatic N) is 3. The van der Waals surface area contributed by atoms with Gasteiger partial charge in [-0.15, -0.1) is 0 Å². The summed E-state index contributed by atoms with van der Waals surface area (Å²) in [5.74, 6) is 0.737. The number of halogens is 3. The first kappa shape index (κ1) is 30.3. The van der Waals surface area contributed by atoms with Gasteiger partial charge in [0.25, 0.3) is 5.91 Å². The largest absolute Gasteiger partial charge is 0.493 e. The third-order valence-electron chi connectivity index (χ3n) is 8.60. The number of unbranched alkanes of at least 4 members (excludes halogenated alkanes) is 1. The molecule has 2 aliphatic heterocycles. The minimum Gasteiger partial charge on any atom is -0.493 e. The molecule has 2 bridgehead atoms. The number of alkyl halides is 3. The Morgan fingerprint density at radius 1 is 1.00 bits per heavy atom. The van der Waals surface area contributed by atoms with Crippen LogP contribution in [0.5, 0.6) is 5.75 Å². The number of piperazine rings is 1. The summed E-state index contributed by atoms with van der Waals surface area (Å²) in [6.07, 6.45) is -1.46. The number of carbonyl (C=O) groups is 1. The highest BCUT2D eigenvalue weighted by Gasteiger charge is 2.47. The number of methoxy groups -OCH3 is 1. The summed E-state index contributed by atoms with van der Waals surface area (Å²) in [6.45, 7) is 11.2. The van der Waals surface area contributed by atoms with Crippen LogP contribution in [0.3, 0.4) is 0 Å². The van der Waals surface area contributed by atoms with Crippen molar-refractivity contribution in [2.75, 3.05) is 53.6 Å². The molecule has 0 spiro atoms. The van der Waals surface area contributed by atoms with Crippen LogP contribution in [0.2, 0.25) is 0 Å². The van der Waals surface area contributed by atoms with Crippen molar-refractivity contribution in [2.24, 2.45) is 0 Å². The van der Waals surface area contributed by atoms with Crippen molar-refractivity contribution in [3.8, 4) is 5.75 Å². The molecule has 40 heavy (non-hydrogen) atoms. The highest BCUT2D eigenvalue weighted by Crippen LogP contribution is 2.40. The van der Waals surface area contributed by atoms with E-state index < -0.39 is 11.7 Å². The number of ether oxygens (including phenoxy) is 2. The van der Waals surface area contributed by atoms with E-state index in [0.717, 1.165) is 68.9 Å². The van der Waals surface area contributed by atoms with Crippen molar-refractivity contribution in [3.63, 3.8) is 0 Å². The number of likely N-dealkylation sites (N-methyl/N-ethyl adjacent to an activating group) is 1. The fraction of sp³-hybridized carbons (Fsp3) is 0.581. The lowest BCUT2D eigenvalue weighted by Gasteiger charge is -2.38. The van der Waals surface area contributed by atoms with E-state index in [1.165, 1.54) is 23.3 Å². The van der Waals surface area contributed by atoms with Crippen LogP contribution in [0.4, 0.5) is 13.2 Å². The molecular formula is C31H42F3N3O3. The normalized spacial score (nSPS) is 20.0. The van der Waals surface area contributed by atoms with Gasteiger partial charge in [-0.05, 0) is 101 Å². The van der Waals surface area contributed by atoms with Gasteiger partial charge in [0, 0.05) is 50.4 Å². The molecule has 0 unspecified atom stereocenters. The molecule has 2 aliphatic rings. The fourth-order valence-electron chi connectivity index (χ4n) is 6.02. The quantitative estimate of drug-likeness (QED) is 0.310. The Labute approximate surface area is 236 Å². The maximum atomic E-state index is 13.1. The van der Waals surface area contributed by atoms with Gasteiger partial charge in [-0.3, -0.25) is 9.69 Å². The van der Waals surface area contributed by atoms with Gasteiger partial charge in [-0.2, -0.15) is 13.2 Å². The van der Waals surface area contributed by atoms with E-state index in [-0.39, 0.29) is 24.0 Å². The smallest absolute Gasteiger partial charge is 0.416 e. The molecule has 6 nitrogen and oxygen atoms in total. The summed E-state index contributed by atoms with van der Waals surface area (Å²) < 4.78 is 50.0. The SMILES string of the molecule is COCCN(C)CCCCOc1ccc([C@H](C)N2C[C@@H]3C[C@H]2CN3C(=O)c2ccc(C(F)(F)F)cc2)c(C)c1C. The minimum atomic E-state index is -4.41. The maximum Gasteiger partial charge on any atom is 0.416 e. The lowest BCUT2D eigenvalue weighted by Crippen LogP contribution is -2.49. The summed E-state index contributed by atoms with van der Waals surface area (Å²) in [4.78, 5) is 19.7. The molecule has 0 N–H and O–H groups in total. The van der Waals surface area contributed by atoms with E-state index >= 15 is 0 Å². The van der Waals surface area contributed by atoms with Crippen molar-refractivity contribution >= 4 is 5.91 Å². The number of likely N-dealkylation sites (tertiary alicyclic amines) is 2. The zero-order chi connectivity index (χ0) is 29.0. The molecule has 2 fully saturated rings. The number of hydrogen-bond donors (Lipinski definition) is 0. The van der Waals surface area contributed by atoms with Crippen molar-refractivity contribution in [3.05, 3.63) is 64.2 Å². The number of carbonyl (C=O) groups excluding carboxylic acids is 1. The van der Waals surface area contributed by atoms with Crippen LogP contribution in [0.25, 0.3) is 0 Å². The number of fused-ring (bicyclic) bond motifs is 2. The van der Waals surface area contributed by atoms with Crippen LogP contribution >= 0.6 is 0 Å². The Morgan fingerprint density at radius 2 is 1.73 bits per heavy atom. The maximum absolute atomic E-state index is 13.1. The van der Waals surface area contributed by atoms with Crippen LogP contribution < -0.4 is 4.74 Å². The topological polar surface area (TPSA) is 45.3 Å². The number of hydrogen-bond acceptors (Lipinski definition) is 5. The number of amides is 1. The Morgan fingerprint density at radius 3 is 2.35 bits per heavy atom. The van der Waals surface area contributed by atoms with Crippen LogP contribution in [0.1, 0.15) is 64.8 Å². The van der Waals surface area contributed by atoms with Crippen LogP contribution in [-0.4, -0.2) is 86.2 Å². The van der Waals surface area contributed by atoms with Gasteiger partial charge in [0.1, 0.15) is 5.75 Å². The lowest BCUT2D eigenvalue weighted by atomic mass is 9.96. The second kappa shape index (κ2) is 12.9. The van der Waals surface area contributed by atoms with Crippen molar-refractivity contribution in [1.29, 1.82) is 0 Å². The summed E-state index contributed by atoms with van der Waals surface area (Å²) >= 11 is 0. The molecule has 2 aromatic rings. The Bertz CT molecular complexity index is 1150. The summed E-state index contributed by atoms with van der Waals surface area (Å²) in [5.41, 5.74) is 3.21. The molecular weight excluding hydrogens is 519 g/mol. The molecule has 2 heterocycles. The Hall–Kier alpha value is -2.62. The molecule has 4 rings (SSSR count).